The van der Waals surface area contributed by atoms with Gasteiger partial charge in [-0.15, -0.1) is 0 Å². The Balaban J connectivity index is 2.01. The van der Waals surface area contributed by atoms with Crippen molar-refractivity contribution in [2.24, 2.45) is 16.2 Å². The molecule has 21 heavy (non-hydrogen) atoms. The second-order valence-corrected chi connectivity index (χ2v) is 8.27. The first kappa shape index (κ1) is 14.6. The van der Waals surface area contributed by atoms with Crippen molar-refractivity contribution in [1.82, 2.24) is 0 Å². The minimum atomic E-state index is -0.599. The average Bonchev–Trinajstić information content (AvgIpc) is 2.35. The van der Waals surface area contributed by atoms with Crippen LogP contribution >= 0.6 is 0 Å². The fourth-order valence-corrected chi connectivity index (χ4v) is 5.95. The molecule has 0 heterocycles. The summed E-state index contributed by atoms with van der Waals surface area (Å²) in [6.45, 7) is 7.54. The number of aliphatic hydroxyl groups is 1. The van der Waals surface area contributed by atoms with E-state index < -0.39 is 11.0 Å². The topological polar surface area (TPSA) is 70.3 Å². The Labute approximate surface area is 125 Å². The van der Waals surface area contributed by atoms with E-state index in [0.717, 1.165) is 25.7 Å². The number of carbonyl (C=O) groups is 1. The molecule has 0 amide bonds. The lowest BCUT2D eigenvalue weighted by Gasteiger charge is -2.67. The zero-order valence-electron chi connectivity index (χ0n) is 12.9. The SMILES string of the molecule is C=C(C)C(=O)OC12CC3(C)CC(C#N)(CC(CO)(C3)C1)C2. The number of nitriles is 1. The molecule has 4 bridgehead atoms. The van der Waals surface area contributed by atoms with Crippen LogP contribution in [0.25, 0.3) is 0 Å². The van der Waals surface area contributed by atoms with Crippen LogP contribution in [0, 0.1) is 27.6 Å². The highest BCUT2D eigenvalue weighted by atomic mass is 16.6. The molecule has 4 unspecified atom stereocenters. The summed E-state index contributed by atoms with van der Waals surface area (Å²) in [5, 5.41) is 19.7. The zero-order chi connectivity index (χ0) is 15.5. The Kier molecular flexibility index (Phi) is 2.85. The Morgan fingerprint density at radius 3 is 2.57 bits per heavy atom. The van der Waals surface area contributed by atoms with Crippen molar-refractivity contribution in [3.63, 3.8) is 0 Å². The predicted molar refractivity (Wildman–Crippen MR) is 77.0 cm³/mol. The van der Waals surface area contributed by atoms with Gasteiger partial charge in [-0.2, -0.15) is 5.26 Å². The maximum Gasteiger partial charge on any atom is 0.333 e. The number of nitrogens with zero attached hydrogens (tertiary/aromatic N) is 1. The lowest BCUT2D eigenvalue weighted by molar-refractivity contribution is -0.236. The third-order valence-electron chi connectivity index (χ3n) is 5.62. The molecule has 4 rings (SSSR count). The van der Waals surface area contributed by atoms with E-state index in [4.69, 9.17) is 4.74 Å². The van der Waals surface area contributed by atoms with Gasteiger partial charge in [0.05, 0.1) is 11.5 Å². The quantitative estimate of drug-likeness (QED) is 0.640. The summed E-state index contributed by atoms with van der Waals surface area (Å²) >= 11 is 0. The van der Waals surface area contributed by atoms with E-state index >= 15 is 0 Å². The van der Waals surface area contributed by atoms with E-state index in [1.807, 2.05) is 0 Å². The fourth-order valence-electron chi connectivity index (χ4n) is 5.95. The minimum absolute atomic E-state index is 0.0252. The lowest BCUT2D eigenvalue weighted by Crippen LogP contribution is -2.65. The monoisotopic (exact) mass is 289 g/mol. The molecule has 0 aliphatic heterocycles. The summed E-state index contributed by atoms with van der Waals surface area (Å²) in [7, 11) is 0. The van der Waals surface area contributed by atoms with Gasteiger partial charge in [-0.05, 0) is 49.9 Å². The first-order valence-electron chi connectivity index (χ1n) is 7.60. The molecule has 0 aromatic rings. The van der Waals surface area contributed by atoms with Crippen molar-refractivity contribution in [2.45, 2.75) is 58.0 Å². The van der Waals surface area contributed by atoms with Crippen LogP contribution in [0.4, 0.5) is 0 Å². The molecule has 114 valence electrons. The normalized spacial score (nSPS) is 47.0. The van der Waals surface area contributed by atoms with E-state index in [1.54, 1.807) is 6.92 Å². The fraction of sp³-hybridized carbons (Fsp3) is 0.765. The van der Waals surface area contributed by atoms with Crippen molar-refractivity contribution >= 4 is 5.97 Å². The standard InChI is InChI=1S/C17H23NO3/c1-12(2)13(20)21-17-6-14(3)4-15(8-17,10-18)7-16(5-14,9-17)11-19/h19H,1,4-9,11H2,2-3H3. The van der Waals surface area contributed by atoms with Crippen molar-refractivity contribution < 1.29 is 14.6 Å². The van der Waals surface area contributed by atoms with Crippen LogP contribution in [0.3, 0.4) is 0 Å². The molecule has 4 fully saturated rings. The van der Waals surface area contributed by atoms with Crippen LogP contribution in [-0.2, 0) is 9.53 Å². The molecule has 0 spiro atoms. The number of ether oxygens (including phenoxy) is 1. The molecule has 0 aromatic heterocycles. The molecule has 1 N–H and O–H groups in total. The van der Waals surface area contributed by atoms with Gasteiger partial charge >= 0.3 is 5.97 Å². The predicted octanol–water partition coefficient (Wildman–Crippen LogP) is 2.72. The Morgan fingerprint density at radius 1 is 1.29 bits per heavy atom. The highest BCUT2D eigenvalue weighted by molar-refractivity contribution is 5.87. The molecule has 4 aliphatic carbocycles. The van der Waals surface area contributed by atoms with Crippen molar-refractivity contribution in [2.75, 3.05) is 6.61 Å². The smallest absolute Gasteiger partial charge is 0.333 e. The molecule has 4 aliphatic rings. The van der Waals surface area contributed by atoms with Gasteiger partial charge in [-0.1, -0.05) is 13.5 Å². The molecule has 4 saturated carbocycles. The van der Waals surface area contributed by atoms with Gasteiger partial charge in [0.15, 0.2) is 0 Å². The molecule has 0 aromatic carbocycles. The first-order valence-corrected chi connectivity index (χ1v) is 7.60. The summed E-state index contributed by atoms with van der Waals surface area (Å²) in [4.78, 5) is 12.0. The van der Waals surface area contributed by atoms with Crippen LogP contribution in [0.15, 0.2) is 12.2 Å². The maximum absolute atomic E-state index is 12.0. The van der Waals surface area contributed by atoms with Crippen LogP contribution in [0.5, 0.6) is 0 Å². The summed E-state index contributed by atoms with van der Waals surface area (Å²) in [6, 6.07) is 2.50. The second kappa shape index (κ2) is 4.10. The van der Waals surface area contributed by atoms with E-state index in [-0.39, 0.29) is 23.4 Å². The van der Waals surface area contributed by atoms with Gasteiger partial charge in [-0.3, -0.25) is 0 Å². The summed E-state index contributed by atoms with van der Waals surface area (Å²) in [6.07, 6.45) is 4.58. The van der Waals surface area contributed by atoms with Gasteiger partial charge in [-0.25, -0.2) is 4.79 Å². The number of hydrogen-bond donors (Lipinski definition) is 1. The maximum atomic E-state index is 12.0. The van der Waals surface area contributed by atoms with E-state index in [2.05, 4.69) is 19.6 Å². The van der Waals surface area contributed by atoms with Crippen molar-refractivity contribution in [1.29, 1.82) is 5.26 Å². The Hall–Kier alpha value is -1.34. The number of esters is 1. The molecular weight excluding hydrogens is 266 g/mol. The Morgan fingerprint density at radius 2 is 2.00 bits per heavy atom. The summed E-state index contributed by atoms with van der Waals surface area (Å²) in [5.41, 5.74) is -0.962. The molecular formula is C17H23NO3. The van der Waals surface area contributed by atoms with Crippen LogP contribution in [-0.4, -0.2) is 23.3 Å². The van der Waals surface area contributed by atoms with E-state index in [1.165, 1.54) is 0 Å². The molecule has 4 heteroatoms. The zero-order valence-corrected chi connectivity index (χ0v) is 12.9. The Bertz CT molecular complexity index is 565. The number of aliphatic hydroxyl groups excluding tert-OH is 1. The summed E-state index contributed by atoms with van der Waals surface area (Å²) < 4.78 is 5.83. The molecule has 4 atom stereocenters. The van der Waals surface area contributed by atoms with E-state index in [9.17, 15) is 15.2 Å². The molecule has 0 radical (unpaired) electrons. The third kappa shape index (κ3) is 2.10. The largest absolute Gasteiger partial charge is 0.456 e. The first-order chi connectivity index (χ1) is 9.69. The number of rotatable bonds is 3. The minimum Gasteiger partial charge on any atom is -0.456 e. The van der Waals surface area contributed by atoms with Gasteiger partial charge in [0.2, 0.25) is 0 Å². The average molecular weight is 289 g/mol. The van der Waals surface area contributed by atoms with Crippen LogP contribution in [0.1, 0.15) is 52.4 Å². The highest BCUT2D eigenvalue weighted by Gasteiger charge is 2.68. The van der Waals surface area contributed by atoms with Gasteiger partial charge in [0, 0.05) is 18.6 Å². The van der Waals surface area contributed by atoms with E-state index in [0.29, 0.717) is 18.4 Å². The van der Waals surface area contributed by atoms with Crippen molar-refractivity contribution in [3.05, 3.63) is 12.2 Å². The molecule has 4 nitrogen and oxygen atoms in total. The second-order valence-electron chi connectivity index (χ2n) is 8.27. The number of carbonyl (C=O) groups excluding carboxylic acids is 1. The van der Waals surface area contributed by atoms with Crippen LogP contribution in [0.2, 0.25) is 0 Å². The van der Waals surface area contributed by atoms with Gasteiger partial charge < -0.3 is 9.84 Å². The van der Waals surface area contributed by atoms with Crippen LogP contribution < -0.4 is 0 Å². The van der Waals surface area contributed by atoms with Gasteiger partial charge in [0.1, 0.15) is 5.60 Å². The lowest BCUT2D eigenvalue weighted by atomic mass is 9.39. The summed E-state index contributed by atoms with van der Waals surface area (Å²) in [5.74, 6) is -0.373. The van der Waals surface area contributed by atoms with Gasteiger partial charge in [0.25, 0.3) is 0 Å². The highest BCUT2D eigenvalue weighted by Crippen LogP contribution is 2.71. The third-order valence-corrected chi connectivity index (χ3v) is 5.62. The number of hydrogen-bond acceptors (Lipinski definition) is 4. The van der Waals surface area contributed by atoms with Crippen molar-refractivity contribution in [3.8, 4) is 6.07 Å². The molecule has 0 saturated heterocycles.